The van der Waals surface area contributed by atoms with Gasteiger partial charge in [0, 0.05) is 5.39 Å². The van der Waals surface area contributed by atoms with E-state index in [1.165, 1.54) is 0 Å². The van der Waals surface area contributed by atoms with Gasteiger partial charge in [-0.1, -0.05) is 49.4 Å². The van der Waals surface area contributed by atoms with Gasteiger partial charge in [0.15, 0.2) is 0 Å². The van der Waals surface area contributed by atoms with Crippen molar-refractivity contribution in [1.29, 1.82) is 0 Å². The highest BCUT2D eigenvalue weighted by atomic mass is 16.3. The lowest BCUT2D eigenvalue weighted by Gasteiger charge is -2.15. The second-order valence-corrected chi connectivity index (χ2v) is 5.53. The maximum Gasteiger partial charge on any atom is 0.286 e. The Hall–Kier alpha value is -3.08. The van der Waals surface area contributed by atoms with Gasteiger partial charge in [-0.2, -0.15) is 0 Å². The molecule has 0 aliphatic rings. The quantitative estimate of drug-likeness (QED) is 0.751. The number of rotatable bonds is 5. The van der Waals surface area contributed by atoms with E-state index in [0.29, 0.717) is 23.1 Å². The minimum atomic E-state index is -0.714. The lowest BCUT2D eigenvalue weighted by atomic mass is 9.95. The number of primary amides is 1. The maximum absolute atomic E-state index is 12.8. The van der Waals surface area contributed by atoms with Gasteiger partial charge in [-0.05, 0) is 24.1 Å². The summed E-state index contributed by atoms with van der Waals surface area (Å²) < 4.78 is 5.49. The number of benzene rings is 2. The molecule has 1 aromatic heterocycles. The highest BCUT2D eigenvalue weighted by Crippen LogP contribution is 2.32. The van der Waals surface area contributed by atoms with Crippen LogP contribution in [0, 0.1) is 0 Å². The van der Waals surface area contributed by atoms with Crippen molar-refractivity contribution in [3.05, 3.63) is 65.9 Å². The summed E-state index contributed by atoms with van der Waals surface area (Å²) in [5.74, 6) is -1.26. The molecule has 2 amide bonds. The third kappa shape index (κ3) is 2.88. The monoisotopic (exact) mass is 322 g/mol. The van der Waals surface area contributed by atoms with Crippen LogP contribution in [0.2, 0.25) is 0 Å². The molecule has 122 valence electrons. The fourth-order valence-electron chi connectivity index (χ4n) is 2.81. The first-order chi connectivity index (χ1) is 11.6. The number of carbonyl (C=O) groups is 2. The molecular formula is C19H18N2O3. The molecule has 5 heteroatoms. The van der Waals surface area contributed by atoms with E-state index in [-0.39, 0.29) is 17.6 Å². The molecule has 0 aliphatic heterocycles. The average molecular weight is 322 g/mol. The molecule has 0 fully saturated rings. The molecule has 0 unspecified atom stereocenters. The SMILES string of the molecule is CC[C@H](C(=O)Nc1c(C(N)=O)oc2ccccc12)c1ccccc1. The van der Waals surface area contributed by atoms with Crippen molar-refractivity contribution in [1.82, 2.24) is 0 Å². The largest absolute Gasteiger partial charge is 0.449 e. The molecule has 0 spiro atoms. The summed E-state index contributed by atoms with van der Waals surface area (Å²) in [5, 5.41) is 3.49. The Morgan fingerprint density at radius 2 is 1.75 bits per heavy atom. The van der Waals surface area contributed by atoms with Gasteiger partial charge < -0.3 is 15.5 Å². The standard InChI is InChI=1S/C19H18N2O3/c1-2-13(12-8-4-3-5-9-12)19(23)21-16-14-10-6-7-11-15(14)24-17(16)18(20)22/h3-11,13H,2H2,1H3,(H2,20,22)(H,21,23)/t13-/m0/s1. The lowest BCUT2D eigenvalue weighted by molar-refractivity contribution is -0.117. The van der Waals surface area contributed by atoms with Crippen LogP contribution < -0.4 is 11.1 Å². The zero-order valence-electron chi connectivity index (χ0n) is 13.3. The van der Waals surface area contributed by atoms with Crippen molar-refractivity contribution in [2.75, 3.05) is 5.32 Å². The van der Waals surface area contributed by atoms with Crippen molar-refractivity contribution in [3.63, 3.8) is 0 Å². The number of amides is 2. The highest BCUT2D eigenvalue weighted by Gasteiger charge is 2.24. The normalized spacial score (nSPS) is 12.0. The van der Waals surface area contributed by atoms with Gasteiger partial charge in [0.25, 0.3) is 5.91 Å². The summed E-state index contributed by atoms with van der Waals surface area (Å²) in [6, 6.07) is 16.6. The van der Waals surface area contributed by atoms with Crippen molar-refractivity contribution < 1.29 is 14.0 Å². The van der Waals surface area contributed by atoms with Crippen LogP contribution in [0.1, 0.15) is 35.4 Å². The van der Waals surface area contributed by atoms with Crippen LogP contribution in [0.15, 0.2) is 59.0 Å². The lowest BCUT2D eigenvalue weighted by Crippen LogP contribution is -2.22. The van der Waals surface area contributed by atoms with E-state index in [1.807, 2.05) is 43.3 Å². The summed E-state index contributed by atoms with van der Waals surface area (Å²) in [7, 11) is 0. The molecule has 0 radical (unpaired) electrons. The van der Waals surface area contributed by atoms with Gasteiger partial charge in [0.2, 0.25) is 11.7 Å². The van der Waals surface area contributed by atoms with E-state index < -0.39 is 5.91 Å². The Balaban J connectivity index is 1.98. The molecular weight excluding hydrogens is 304 g/mol. The van der Waals surface area contributed by atoms with Gasteiger partial charge >= 0.3 is 0 Å². The smallest absolute Gasteiger partial charge is 0.286 e. The average Bonchev–Trinajstić information content (AvgIpc) is 2.95. The zero-order chi connectivity index (χ0) is 17.1. The van der Waals surface area contributed by atoms with Gasteiger partial charge in [-0.25, -0.2) is 0 Å². The fraction of sp³-hybridized carbons (Fsp3) is 0.158. The number of para-hydroxylation sites is 1. The number of hydrogen-bond acceptors (Lipinski definition) is 3. The van der Waals surface area contributed by atoms with Crippen LogP contribution in [0.25, 0.3) is 11.0 Å². The van der Waals surface area contributed by atoms with E-state index >= 15 is 0 Å². The summed E-state index contributed by atoms with van der Waals surface area (Å²) >= 11 is 0. The molecule has 3 rings (SSSR count). The van der Waals surface area contributed by atoms with Crippen LogP contribution in [-0.4, -0.2) is 11.8 Å². The van der Waals surface area contributed by atoms with Gasteiger partial charge in [0.1, 0.15) is 11.3 Å². The van der Waals surface area contributed by atoms with Crippen molar-refractivity contribution in [3.8, 4) is 0 Å². The Kier molecular flexibility index (Phi) is 4.33. The predicted octanol–water partition coefficient (Wildman–Crippen LogP) is 3.66. The molecule has 1 heterocycles. The Morgan fingerprint density at radius 1 is 1.08 bits per heavy atom. The van der Waals surface area contributed by atoms with Crippen LogP contribution in [0.5, 0.6) is 0 Å². The third-order valence-electron chi connectivity index (χ3n) is 3.99. The summed E-state index contributed by atoms with van der Waals surface area (Å²) in [4.78, 5) is 24.4. The number of hydrogen-bond donors (Lipinski definition) is 2. The zero-order valence-corrected chi connectivity index (χ0v) is 13.3. The van der Waals surface area contributed by atoms with E-state index in [1.54, 1.807) is 18.2 Å². The molecule has 24 heavy (non-hydrogen) atoms. The first-order valence-corrected chi connectivity index (χ1v) is 7.79. The number of nitrogens with two attached hydrogens (primary N) is 1. The minimum Gasteiger partial charge on any atom is -0.449 e. The Labute approximate surface area is 139 Å². The van der Waals surface area contributed by atoms with E-state index in [4.69, 9.17) is 10.2 Å². The minimum absolute atomic E-state index is 0.0348. The number of fused-ring (bicyclic) bond motifs is 1. The number of carbonyl (C=O) groups excluding carboxylic acids is 2. The summed E-state index contributed by atoms with van der Waals surface area (Å²) in [6.45, 7) is 1.94. The van der Waals surface area contributed by atoms with Gasteiger partial charge in [-0.3, -0.25) is 9.59 Å². The summed E-state index contributed by atoms with van der Waals surface area (Å²) in [6.07, 6.45) is 0.636. The first kappa shape index (κ1) is 15.8. The van der Waals surface area contributed by atoms with E-state index in [0.717, 1.165) is 5.56 Å². The number of anilines is 1. The van der Waals surface area contributed by atoms with Crippen LogP contribution >= 0.6 is 0 Å². The Morgan fingerprint density at radius 3 is 2.42 bits per heavy atom. The Bertz CT molecular complexity index is 884. The third-order valence-corrected chi connectivity index (χ3v) is 3.99. The fourth-order valence-corrected chi connectivity index (χ4v) is 2.81. The van der Waals surface area contributed by atoms with Crippen LogP contribution in [0.3, 0.4) is 0 Å². The van der Waals surface area contributed by atoms with Crippen molar-refractivity contribution in [2.45, 2.75) is 19.3 Å². The molecule has 0 saturated heterocycles. The molecule has 3 N–H and O–H groups in total. The molecule has 0 saturated carbocycles. The van der Waals surface area contributed by atoms with E-state index in [2.05, 4.69) is 5.32 Å². The van der Waals surface area contributed by atoms with Crippen molar-refractivity contribution in [2.24, 2.45) is 5.73 Å². The molecule has 0 aliphatic carbocycles. The van der Waals surface area contributed by atoms with Gasteiger partial charge in [-0.15, -0.1) is 0 Å². The van der Waals surface area contributed by atoms with Crippen LogP contribution in [0.4, 0.5) is 5.69 Å². The molecule has 1 atom stereocenters. The van der Waals surface area contributed by atoms with Gasteiger partial charge in [0.05, 0.1) is 5.92 Å². The van der Waals surface area contributed by atoms with Crippen LogP contribution in [-0.2, 0) is 4.79 Å². The molecule has 2 aromatic carbocycles. The topological polar surface area (TPSA) is 85.3 Å². The number of furan rings is 1. The molecule has 5 nitrogen and oxygen atoms in total. The number of nitrogens with one attached hydrogen (secondary N) is 1. The predicted molar refractivity (Wildman–Crippen MR) is 92.8 cm³/mol. The van der Waals surface area contributed by atoms with Crippen molar-refractivity contribution >= 4 is 28.5 Å². The second-order valence-electron chi connectivity index (χ2n) is 5.53. The maximum atomic E-state index is 12.8. The second kappa shape index (κ2) is 6.58. The highest BCUT2D eigenvalue weighted by molar-refractivity contribution is 6.11. The molecule has 0 bridgehead atoms. The first-order valence-electron chi connectivity index (χ1n) is 7.79. The molecule has 3 aromatic rings. The summed E-state index contributed by atoms with van der Waals surface area (Å²) in [5.41, 5.74) is 7.15. The van der Waals surface area contributed by atoms with E-state index in [9.17, 15) is 9.59 Å².